The van der Waals surface area contributed by atoms with E-state index in [0.29, 0.717) is 0 Å². The van der Waals surface area contributed by atoms with Crippen molar-refractivity contribution in [2.45, 2.75) is 31.8 Å². The van der Waals surface area contributed by atoms with E-state index in [2.05, 4.69) is 54.0 Å². The van der Waals surface area contributed by atoms with Crippen LogP contribution in [0.25, 0.3) is 0 Å². The van der Waals surface area contributed by atoms with Crippen LogP contribution in [0.2, 0.25) is 0 Å². The Kier molecular flexibility index (Phi) is 7.32. The zero-order valence-electron chi connectivity index (χ0n) is 17.7. The first-order chi connectivity index (χ1) is 15.3. The molecule has 5 nitrogen and oxygen atoms in total. The number of nitrogens with one attached hydrogen (secondary N) is 1. The molecule has 4 rings (SSSR count). The number of nitrogens with zero attached hydrogens (tertiary/aromatic N) is 2. The van der Waals surface area contributed by atoms with Crippen molar-refractivity contribution in [3.63, 3.8) is 0 Å². The Hall–Kier alpha value is -3.15. The number of rotatable bonds is 9. The summed E-state index contributed by atoms with van der Waals surface area (Å²) in [6.07, 6.45) is 3.40. The molecule has 1 atom stereocenters. The van der Waals surface area contributed by atoms with Crippen LogP contribution in [0.5, 0.6) is 0 Å². The van der Waals surface area contributed by atoms with Gasteiger partial charge in [0.15, 0.2) is 0 Å². The van der Waals surface area contributed by atoms with Crippen LogP contribution in [0.4, 0.5) is 5.69 Å². The van der Waals surface area contributed by atoms with Gasteiger partial charge in [0.05, 0.1) is 5.69 Å². The van der Waals surface area contributed by atoms with E-state index in [0.717, 1.165) is 37.9 Å². The van der Waals surface area contributed by atoms with E-state index in [9.17, 15) is 4.79 Å². The highest BCUT2D eigenvalue weighted by Gasteiger charge is 2.35. The van der Waals surface area contributed by atoms with Gasteiger partial charge in [-0.3, -0.25) is 15.1 Å². The second-order valence-electron chi connectivity index (χ2n) is 7.75. The van der Waals surface area contributed by atoms with Gasteiger partial charge in [0.2, 0.25) is 0 Å². The van der Waals surface area contributed by atoms with E-state index in [1.54, 1.807) is 5.01 Å². The summed E-state index contributed by atoms with van der Waals surface area (Å²) >= 11 is 0. The smallest absolute Gasteiger partial charge is 0.270 e. The molecule has 31 heavy (non-hydrogen) atoms. The van der Waals surface area contributed by atoms with E-state index < -0.39 is 0 Å². The number of benzene rings is 3. The van der Waals surface area contributed by atoms with Gasteiger partial charge in [-0.15, -0.1) is 0 Å². The molecule has 1 aliphatic rings. The third-order valence-corrected chi connectivity index (χ3v) is 5.50. The van der Waals surface area contributed by atoms with Gasteiger partial charge >= 0.3 is 0 Å². The molecular formula is C26H29N3O2. The molecule has 1 unspecified atom stereocenters. The number of hydrogen-bond acceptors (Lipinski definition) is 4. The fourth-order valence-corrected chi connectivity index (χ4v) is 3.89. The standard InChI is InChI=1S/C26H29N3O2/c30-26-21-31-28(20-10-15-22-11-4-1-5-12-22)25(19-18-23-13-6-2-7-14-23)29(26)27-24-16-8-3-9-17-24/h1-9,11-14,16-17,25,27H,10,15,18-21H2. The molecule has 0 spiro atoms. The largest absolute Gasteiger partial charge is 0.294 e. The fourth-order valence-electron chi connectivity index (χ4n) is 3.89. The van der Waals surface area contributed by atoms with Crippen LogP contribution in [0, 0.1) is 0 Å². The van der Waals surface area contributed by atoms with Crippen LogP contribution in [-0.2, 0) is 22.5 Å². The number of carbonyl (C=O) groups excluding carboxylic acids is 1. The van der Waals surface area contributed by atoms with Crippen molar-refractivity contribution in [2.75, 3.05) is 18.6 Å². The molecule has 0 radical (unpaired) electrons. The zero-order chi connectivity index (χ0) is 21.3. The number of hydrogen-bond donors (Lipinski definition) is 1. The van der Waals surface area contributed by atoms with Crippen molar-refractivity contribution in [3.8, 4) is 0 Å². The number of carbonyl (C=O) groups is 1. The third kappa shape index (κ3) is 5.94. The van der Waals surface area contributed by atoms with Crippen molar-refractivity contribution in [1.82, 2.24) is 10.1 Å². The highest BCUT2D eigenvalue weighted by atomic mass is 16.7. The predicted octanol–water partition coefficient (Wildman–Crippen LogP) is 4.68. The lowest BCUT2D eigenvalue weighted by Gasteiger charge is -2.43. The van der Waals surface area contributed by atoms with Gasteiger partial charge in [-0.2, -0.15) is 5.06 Å². The van der Waals surface area contributed by atoms with Crippen LogP contribution in [0.1, 0.15) is 24.0 Å². The van der Waals surface area contributed by atoms with E-state index in [-0.39, 0.29) is 18.7 Å². The summed E-state index contributed by atoms with van der Waals surface area (Å²) in [7, 11) is 0. The van der Waals surface area contributed by atoms with Gasteiger partial charge in [0.1, 0.15) is 12.8 Å². The van der Waals surface area contributed by atoms with Gasteiger partial charge in [-0.25, -0.2) is 5.01 Å². The van der Waals surface area contributed by atoms with Crippen LogP contribution >= 0.6 is 0 Å². The molecule has 5 heteroatoms. The molecule has 0 saturated carbocycles. The summed E-state index contributed by atoms with van der Waals surface area (Å²) in [5.74, 6) is -0.0544. The number of aryl methyl sites for hydroxylation is 2. The number of para-hydroxylation sites is 1. The lowest BCUT2D eigenvalue weighted by molar-refractivity contribution is -0.246. The molecule has 1 heterocycles. The molecule has 3 aromatic carbocycles. The molecular weight excluding hydrogens is 386 g/mol. The lowest BCUT2D eigenvalue weighted by Crippen LogP contribution is -2.59. The SMILES string of the molecule is O=C1CON(CCCc2ccccc2)C(CCc2ccccc2)N1Nc1ccccc1. The molecule has 1 saturated heterocycles. The quantitative estimate of drug-likeness (QED) is 0.551. The fraction of sp³-hybridized carbons (Fsp3) is 0.269. The molecule has 0 aromatic heterocycles. The number of anilines is 1. The van der Waals surface area contributed by atoms with Crippen molar-refractivity contribution < 1.29 is 9.63 Å². The van der Waals surface area contributed by atoms with E-state index in [1.807, 2.05) is 47.5 Å². The summed E-state index contributed by atoms with van der Waals surface area (Å²) in [5, 5.41) is 3.72. The van der Waals surface area contributed by atoms with Crippen molar-refractivity contribution >= 4 is 11.6 Å². The number of amides is 1. The summed E-state index contributed by atoms with van der Waals surface area (Å²) in [6.45, 7) is 0.807. The van der Waals surface area contributed by atoms with Crippen molar-refractivity contribution in [2.24, 2.45) is 0 Å². The highest BCUT2D eigenvalue weighted by Crippen LogP contribution is 2.22. The van der Waals surface area contributed by atoms with Crippen molar-refractivity contribution in [1.29, 1.82) is 0 Å². The molecule has 1 fully saturated rings. The Labute approximate surface area is 184 Å². The van der Waals surface area contributed by atoms with E-state index >= 15 is 0 Å². The van der Waals surface area contributed by atoms with Gasteiger partial charge < -0.3 is 0 Å². The topological polar surface area (TPSA) is 44.8 Å². The summed E-state index contributed by atoms with van der Waals surface area (Å²) in [5.41, 5.74) is 6.78. The minimum atomic E-state index is -0.183. The van der Waals surface area contributed by atoms with Crippen molar-refractivity contribution in [3.05, 3.63) is 102 Å². The molecule has 1 amide bonds. The maximum atomic E-state index is 12.8. The first-order valence-electron chi connectivity index (χ1n) is 10.9. The minimum Gasteiger partial charge on any atom is -0.294 e. The van der Waals surface area contributed by atoms with Crippen LogP contribution in [0.3, 0.4) is 0 Å². The summed E-state index contributed by atoms with van der Waals surface area (Å²) in [4.78, 5) is 18.7. The average Bonchev–Trinajstić information content (AvgIpc) is 2.82. The Morgan fingerprint density at radius 1 is 0.806 bits per heavy atom. The molecule has 160 valence electrons. The van der Waals surface area contributed by atoms with Crippen LogP contribution in [-0.4, -0.2) is 35.3 Å². The number of hydrazine groups is 1. The Balaban J connectivity index is 1.46. The Morgan fingerprint density at radius 2 is 1.39 bits per heavy atom. The number of hydroxylamine groups is 2. The van der Waals surface area contributed by atoms with Crippen LogP contribution < -0.4 is 5.43 Å². The summed E-state index contributed by atoms with van der Waals surface area (Å²) < 4.78 is 0. The molecule has 0 aliphatic carbocycles. The molecule has 3 aromatic rings. The van der Waals surface area contributed by atoms with Crippen LogP contribution in [0.15, 0.2) is 91.0 Å². The van der Waals surface area contributed by atoms with Gasteiger partial charge in [-0.05, 0) is 48.9 Å². The predicted molar refractivity (Wildman–Crippen MR) is 123 cm³/mol. The molecule has 1 N–H and O–H groups in total. The Bertz CT molecular complexity index is 935. The highest BCUT2D eigenvalue weighted by molar-refractivity contribution is 5.79. The normalized spacial score (nSPS) is 17.0. The first-order valence-corrected chi connectivity index (χ1v) is 10.9. The molecule has 1 aliphatic heterocycles. The molecule has 0 bridgehead atoms. The first kappa shape index (κ1) is 21.1. The summed E-state index contributed by atoms with van der Waals surface area (Å²) in [6, 6.07) is 30.7. The lowest BCUT2D eigenvalue weighted by atomic mass is 10.1. The van der Waals surface area contributed by atoms with E-state index in [4.69, 9.17) is 4.84 Å². The minimum absolute atomic E-state index is 0.0486. The third-order valence-electron chi connectivity index (χ3n) is 5.50. The average molecular weight is 416 g/mol. The van der Waals surface area contributed by atoms with E-state index in [1.165, 1.54) is 11.1 Å². The monoisotopic (exact) mass is 415 g/mol. The van der Waals surface area contributed by atoms with Gasteiger partial charge in [0.25, 0.3) is 5.91 Å². The maximum Gasteiger partial charge on any atom is 0.270 e. The maximum absolute atomic E-state index is 12.8. The Morgan fingerprint density at radius 3 is 2.03 bits per heavy atom. The second-order valence-corrected chi connectivity index (χ2v) is 7.75. The second kappa shape index (κ2) is 10.8. The zero-order valence-corrected chi connectivity index (χ0v) is 17.7. The van der Waals surface area contributed by atoms with Gasteiger partial charge in [-0.1, -0.05) is 78.9 Å². The van der Waals surface area contributed by atoms with Gasteiger partial charge in [0, 0.05) is 6.54 Å².